The predicted octanol–water partition coefficient (Wildman–Crippen LogP) is 4.91. The third-order valence-electron chi connectivity index (χ3n) is 6.10. The topological polar surface area (TPSA) is 76.0 Å². The second-order valence-electron chi connectivity index (χ2n) is 8.57. The first-order valence-electron chi connectivity index (χ1n) is 11.0. The zero-order chi connectivity index (χ0) is 23.0. The number of piperidine rings is 1. The molecule has 3 rings (SSSR count). The van der Waals surface area contributed by atoms with Crippen molar-refractivity contribution in [2.75, 3.05) is 26.7 Å². The van der Waals surface area contributed by atoms with Crippen LogP contribution < -0.4 is 0 Å². The quantitative estimate of drug-likeness (QED) is 0.220. The highest BCUT2D eigenvalue weighted by atomic mass is 32.2. The van der Waals surface area contributed by atoms with Gasteiger partial charge < -0.3 is 9.64 Å². The summed E-state index contributed by atoms with van der Waals surface area (Å²) in [6.07, 6.45) is 2.83. The summed E-state index contributed by atoms with van der Waals surface area (Å²) in [4.78, 5) is 38.4. The van der Waals surface area contributed by atoms with Crippen LogP contribution in [0.3, 0.4) is 0 Å². The van der Waals surface area contributed by atoms with Crippen LogP contribution in [0.2, 0.25) is 0 Å². The fourth-order valence-corrected chi connectivity index (χ4v) is 4.70. The van der Waals surface area contributed by atoms with Crippen LogP contribution in [-0.2, 0) is 16.0 Å². The number of ketones is 1. The van der Waals surface area contributed by atoms with Crippen LogP contribution in [0.25, 0.3) is 0 Å². The van der Waals surface area contributed by atoms with E-state index in [1.807, 2.05) is 43.3 Å². The van der Waals surface area contributed by atoms with Gasteiger partial charge in [-0.2, -0.15) is 0 Å². The summed E-state index contributed by atoms with van der Waals surface area (Å²) >= 11 is 1.09. The first kappa shape index (κ1) is 24.1. The Bertz CT molecular complexity index is 927. The molecule has 2 aromatic rings. The molecule has 0 bridgehead atoms. The Morgan fingerprint density at radius 2 is 1.78 bits per heavy atom. The molecule has 1 saturated heterocycles. The van der Waals surface area contributed by atoms with Gasteiger partial charge in [0.05, 0.1) is 12.5 Å². The molecule has 0 aliphatic carbocycles. The number of carbonyl (C=O) groups excluding carboxylic acids is 2. The average Bonchev–Trinajstić information content (AvgIpc) is 2.81. The number of likely N-dealkylation sites (tertiary alicyclic amines) is 1. The van der Waals surface area contributed by atoms with Gasteiger partial charge >= 0.3 is 5.97 Å². The van der Waals surface area contributed by atoms with E-state index in [4.69, 9.17) is 4.74 Å². The third kappa shape index (κ3) is 6.50. The van der Waals surface area contributed by atoms with E-state index in [0.717, 1.165) is 43.4 Å². The number of hydrogen-bond acceptors (Lipinski definition) is 7. The number of carbonyl (C=O) groups is 2. The maximum absolute atomic E-state index is 12.7. The standard InChI is InChI=1S/C25H30N2O4S/c1-19(24(29)31-16-13-25(32-26-30)11-14-27(2)15-12-25)17-20-7-6-10-22(18-20)23(28)21-8-4-3-5-9-21/h3-10,18-19H,11-17H2,1-2H3. The lowest BCUT2D eigenvalue weighted by molar-refractivity contribution is -0.148. The van der Waals surface area contributed by atoms with Crippen LogP contribution in [0.1, 0.15) is 47.7 Å². The molecule has 0 amide bonds. The van der Waals surface area contributed by atoms with Gasteiger partial charge in [-0.3, -0.25) is 9.59 Å². The van der Waals surface area contributed by atoms with E-state index < -0.39 is 0 Å². The zero-order valence-electron chi connectivity index (χ0n) is 18.7. The molecule has 2 aromatic carbocycles. The minimum Gasteiger partial charge on any atom is -0.465 e. The Kier molecular flexibility index (Phi) is 8.59. The molecule has 1 heterocycles. The van der Waals surface area contributed by atoms with Gasteiger partial charge in [-0.25, -0.2) is 0 Å². The van der Waals surface area contributed by atoms with Crippen LogP contribution in [0.15, 0.2) is 59.2 Å². The molecule has 6 nitrogen and oxygen atoms in total. The van der Waals surface area contributed by atoms with Crippen molar-refractivity contribution in [2.45, 2.75) is 37.4 Å². The summed E-state index contributed by atoms with van der Waals surface area (Å²) in [6.45, 7) is 3.93. The fraction of sp³-hybridized carbons (Fsp3) is 0.440. The smallest absolute Gasteiger partial charge is 0.308 e. The van der Waals surface area contributed by atoms with Crippen molar-refractivity contribution < 1.29 is 14.3 Å². The molecular formula is C25H30N2O4S. The molecule has 1 aliphatic rings. The van der Waals surface area contributed by atoms with E-state index in [9.17, 15) is 14.5 Å². The normalized spacial score (nSPS) is 16.8. The third-order valence-corrected chi connectivity index (χ3v) is 7.17. The molecule has 0 aromatic heterocycles. The molecule has 170 valence electrons. The monoisotopic (exact) mass is 454 g/mol. The molecule has 1 fully saturated rings. The van der Waals surface area contributed by atoms with Gasteiger partial charge in [-0.1, -0.05) is 55.5 Å². The molecule has 7 heteroatoms. The van der Waals surface area contributed by atoms with E-state index in [1.54, 1.807) is 18.2 Å². The summed E-state index contributed by atoms with van der Waals surface area (Å²) < 4.78 is 8.37. The van der Waals surface area contributed by atoms with E-state index >= 15 is 0 Å². The Balaban J connectivity index is 1.53. The summed E-state index contributed by atoms with van der Waals surface area (Å²) in [5.74, 6) is -0.633. The first-order valence-corrected chi connectivity index (χ1v) is 11.7. The largest absolute Gasteiger partial charge is 0.465 e. The van der Waals surface area contributed by atoms with Gasteiger partial charge in [0.1, 0.15) is 0 Å². The number of ether oxygens (including phenoxy) is 1. The fourth-order valence-electron chi connectivity index (χ4n) is 4.00. The molecular weight excluding hydrogens is 424 g/mol. The van der Waals surface area contributed by atoms with Crippen molar-refractivity contribution in [3.63, 3.8) is 0 Å². The minimum atomic E-state index is -0.331. The van der Waals surface area contributed by atoms with Crippen molar-refractivity contribution in [3.05, 3.63) is 76.2 Å². The van der Waals surface area contributed by atoms with Crippen LogP contribution in [0.4, 0.5) is 0 Å². The number of esters is 1. The Hall–Kier alpha value is -2.51. The summed E-state index contributed by atoms with van der Waals surface area (Å²) in [5, 5.41) is 0. The lowest BCUT2D eigenvalue weighted by Crippen LogP contribution is -2.41. The van der Waals surface area contributed by atoms with Crippen LogP contribution in [0, 0.1) is 10.8 Å². The average molecular weight is 455 g/mol. The van der Waals surface area contributed by atoms with Gasteiger partial charge in [0.25, 0.3) is 0 Å². The molecule has 1 atom stereocenters. The van der Waals surface area contributed by atoms with Crippen molar-refractivity contribution in [1.29, 1.82) is 0 Å². The molecule has 0 radical (unpaired) electrons. The Morgan fingerprint density at radius 1 is 1.09 bits per heavy atom. The zero-order valence-corrected chi connectivity index (χ0v) is 19.5. The van der Waals surface area contributed by atoms with Gasteiger partial charge in [0, 0.05) is 32.4 Å². The SMILES string of the molecule is CC(Cc1cccc(C(=O)c2ccccc2)c1)C(=O)OCCC1(SN=O)CCN(C)CC1. The highest BCUT2D eigenvalue weighted by molar-refractivity contribution is 7.99. The lowest BCUT2D eigenvalue weighted by atomic mass is 9.93. The molecule has 1 aliphatic heterocycles. The van der Waals surface area contributed by atoms with Crippen molar-refractivity contribution >= 4 is 23.7 Å². The summed E-state index contributed by atoms with van der Waals surface area (Å²) in [7, 11) is 2.06. The first-order chi connectivity index (χ1) is 15.4. The van der Waals surface area contributed by atoms with E-state index in [1.165, 1.54) is 0 Å². The molecule has 32 heavy (non-hydrogen) atoms. The Morgan fingerprint density at radius 3 is 2.47 bits per heavy atom. The summed E-state index contributed by atoms with van der Waals surface area (Å²) in [6, 6.07) is 16.6. The number of nitrogens with zero attached hydrogens (tertiary/aromatic N) is 2. The highest BCUT2D eigenvalue weighted by Gasteiger charge is 2.35. The molecule has 1 unspecified atom stereocenters. The van der Waals surface area contributed by atoms with E-state index in [2.05, 4.69) is 16.5 Å². The second-order valence-corrected chi connectivity index (χ2v) is 9.77. The van der Waals surface area contributed by atoms with Crippen molar-refractivity contribution in [1.82, 2.24) is 4.90 Å². The molecule has 0 N–H and O–H groups in total. The summed E-state index contributed by atoms with van der Waals surface area (Å²) in [5.41, 5.74) is 2.17. The van der Waals surface area contributed by atoms with Gasteiger partial charge in [-0.05, 0) is 57.5 Å². The van der Waals surface area contributed by atoms with Gasteiger partial charge in [0.15, 0.2) is 5.78 Å². The van der Waals surface area contributed by atoms with Crippen molar-refractivity contribution in [3.8, 4) is 0 Å². The van der Waals surface area contributed by atoms with E-state index in [-0.39, 0.29) is 29.0 Å². The maximum Gasteiger partial charge on any atom is 0.308 e. The van der Waals surface area contributed by atoms with Crippen LogP contribution >= 0.6 is 11.9 Å². The number of hydrogen-bond donors (Lipinski definition) is 0. The van der Waals surface area contributed by atoms with Crippen molar-refractivity contribution in [2.24, 2.45) is 10.5 Å². The van der Waals surface area contributed by atoms with Gasteiger partial charge in [0.2, 0.25) is 0 Å². The number of rotatable bonds is 10. The van der Waals surface area contributed by atoms with E-state index in [0.29, 0.717) is 24.0 Å². The van der Waals surface area contributed by atoms with Crippen LogP contribution in [0.5, 0.6) is 0 Å². The maximum atomic E-state index is 12.7. The van der Waals surface area contributed by atoms with Crippen LogP contribution in [-0.4, -0.2) is 48.1 Å². The lowest BCUT2D eigenvalue weighted by Gasteiger charge is -2.37. The highest BCUT2D eigenvalue weighted by Crippen LogP contribution is 2.39. The molecule has 0 saturated carbocycles. The number of benzene rings is 2. The Labute approximate surface area is 193 Å². The predicted molar refractivity (Wildman–Crippen MR) is 128 cm³/mol. The minimum absolute atomic E-state index is 0.0348. The van der Waals surface area contributed by atoms with Gasteiger partial charge in [-0.15, -0.1) is 4.91 Å². The molecule has 0 spiro atoms. The second kappa shape index (κ2) is 11.4. The number of nitroso groups, excluding NO2 is 1.